The van der Waals surface area contributed by atoms with E-state index in [9.17, 15) is 28.2 Å². The van der Waals surface area contributed by atoms with Crippen molar-refractivity contribution in [1.29, 1.82) is 0 Å². The minimum Gasteiger partial charge on any atom is -0.480 e. The lowest BCUT2D eigenvalue weighted by atomic mass is 9.88. The molecule has 0 aliphatic heterocycles. The number of aliphatic carboxylic acids is 1. The summed E-state index contributed by atoms with van der Waals surface area (Å²) in [6.45, 7) is 0. The lowest BCUT2D eigenvalue weighted by Crippen LogP contribution is -2.41. The van der Waals surface area contributed by atoms with Crippen molar-refractivity contribution in [2.75, 3.05) is 0 Å². The van der Waals surface area contributed by atoms with Crippen LogP contribution in [-0.2, 0) is 17.4 Å². The van der Waals surface area contributed by atoms with Gasteiger partial charge in [-0.25, -0.2) is 0 Å². The van der Waals surface area contributed by atoms with E-state index in [-0.39, 0.29) is 11.1 Å². The van der Waals surface area contributed by atoms with E-state index in [2.05, 4.69) is 0 Å². The average molecular weight is 359 g/mol. The molecule has 2 N–H and O–H groups in total. The summed E-state index contributed by atoms with van der Waals surface area (Å²) in [5, 5.41) is 19.8. The number of hydrogen-bond donors (Lipinski definition) is 2. The smallest absolute Gasteiger partial charge is 0.416 e. The lowest BCUT2D eigenvalue weighted by Gasteiger charge is -2.28. The van der Waals surface area contributed by atoms with E-state index in [0.717, 1.165) is 12.1 Å². The predicted octanol–water partition coefficient (Wildman–Crippen LogP) is 4.04. The van der Waals surface area contributed by atoms with Gasteiger partial charge in [0.2, 0.25) is 0 Å². The van der Waals surface area contributed by atoms with Crippen LogP contribution in [0.5, 0.6) is 0 Å². The maximum atomic E-state index is 12.8. The third-order valence-corrected chi connectivity index (χ3v) is 4.12. The van der Waals surface area contributed by atoms with E-state index in [1.54, 1.807) is 18.2 Å². The molecule has 2 atom stereocenters. The second kappa shape index (κ2) is 6.83. The van der Waals surface area contributed by atoms with E-state index < -0.39 is 35.1 Å². The molecule has 2 rings (SSSR count). The van der Waals surface area contributed by atoms with Crippen LogP contribution in [-0.4, -0.2) is 21.1 Å². The van der Waals surface area contributed by atoms with Crippen LogP contribution in [0.15, 0.2) is 54.6 Å². The lowest BCUT2D eigenvalue weighted by molar-refractivity contribution is -0.143. The monoisotopic (exact) mass is 358 g/mol. The highest BCUT2D eigenvalue weighted by atomic mass is 35.5. The molecule has 0 radical (unpaired) electrons. The molecule has 24 heavy (non-hydrogen) atoms. The van der Waals surface area contributed by atoms with Crippen LogP contribution < -0.4 is 0 Å². The number of benzene rings is 2. The Kier molecular flexibility index (Phi) is 5.20. The molecule has 0 saturated heterocycles. The number of carboxylic acid groups (broad SMARTS) is 1. The molecule has 2 unspecified atom stereocenters. The van der Waals surface area contributed by atoms with Gasteiger partial charge in [-0.05, 0) is 17.2 Å². The summed E-state index contributed by atoms with van der Waals surface area (Å²) in [5.74, 6) is -1.52. The summed E-state index contributed by atoms with van der Waals surface area (Å²) >= 11 is 6.13. The standard InChI is InChI=1S/C17H14ClF3O3/c18-16(15(23)24,14(22)12-6-2-1-3-7-12)10-11-5-4-8-13(9-11)17(19,20)21/h1-9,14,22H,10H2,(H,23,24). The van der Waals surface area contributed by atoms with Crippen molar-refractivity contribution in [1.82, 2.24) is 0 Å². The van der Waals surface area contributed by atoms with Crippen molar-refractivity contribution in [3.05, 3.63) is 71.3 Å². The van der Waals surface area contributed by atoms with Gasteiger partial charge in [-0.15, -0.1) is 11.6 Å². The minimum atomic E-state index is -4.55. The van der Waals surface area contributed by atoms with Crippen LogP contribution in [0.3, 0.4) is 0 Å². The molecular formula is C17H14ClF3O3. The first kappa shape index (κ1) is 18.3. The van der Waals surface area contributed by atoms with Crippen molar-refractivity contribution in [2.45, 2.75) is 23.6 Å². The third kappa shape index (κ3) is 3.88. The van der Waals surface area contributed by atoms with Gasteiger partial charge in [-0.1, -0.05) is 48.5 Å². The molecule has 0 aromatic heterocycles. The van der Waals surface area contributed by atoms with E-state index in [1.807, 2.05) is 0 Å². The minimum absolute atomic E-state index is 0.0669. The summed E-state index contributed by atoms with van der Waals surface area (Å²) in [5.41, 5.74) is -0.572. The Labute approximate surface area is 141 Å². The molecule has 0 fully saturated rings. The van der Waals surface area contributed by atoms with Gasteiger partial charge in [0, 0.05) is 6.42 Å². The molecular weight excluding hydrogens is 345 g/mol. The molecule has 0 aliphatic rings. The van der Waals surface area contributed by atoms with E-state index >= 15 is 0 Å². The molecule has 128 valence electrons. The van der Waals surface area contributed by atoms with Crippen LogP contribution in [0.1, 0.15) is 22.8 Å². The first-order valence-electron chi connectivity index (χ1n) is 6.96. The van der Waals surface area contributed by atoms with Crippen molar-refractivity contribution >= 4 is 17.6 Å². The number of aliphatic hydroxyl groups is 1. The fourth-order valence-corrected chi connectivity index (χ4v) is 2.62. The second-order valence-electron chi connectivity index (χ2n) is 5.36. The van der Waals surface area contributed by atoms with E-state index in [4.69, 9.17) is 11.6 Å². The molecule has 0 aliphatic carbocycles. The van der Waals surface area contributed by atoms with Crippen molar-refractivity contribution in [2.24, 2.45) is 0 Å². The van der Waals surface area contributed by atoms with Gasteiger partial charge in [0.15, 0.2) is 4.87 Å². The number of carbonyl (C=O) groups is 1. The number of carboxylic acids is 1. The number of aliphatic hydroxyl groups excluding tert-OH is 1. The van der Waals surface area contributed by atoms with Gasteiger partial charge >= 0.3 is 12.1 Å². The molecule has 0 amide bonds. The fraction of sp³-hybridized carbons (Fsp3) is 0.235. The summed E-state index contributed by atoms with van der Waals surface area (Å²) in [7, 11) is 0. The largest absolute Gasteiger partial charge is 0.480 e. The molecule has 2 aromatic rings. The zero-order valence-corrected chi connectivity index (χ0v) is 13.1. The SMILES string of the molecule is O=C(O)C(Cl)(Cc1cccc(C(F)(F)F)c1)C(O)c1ccccc1. The van der Waals surface area contributed by atoms with Gasteiger partial charge in [-0.3, -0.25) is 4.79 Å². The highest BCUT2D eigenvalue weighted by Crippen LogP contribution is 2.37. The Bertz CT molecular complexity index is 719. The Balaban J connectivity index is 2.37. The molecule has 0 heterocycles. The van der Waals surface area contributed by atoms with E-state index in [0.29, 0.717) is 0 Å². The van der Waals surface area contributed by atoms with Crippen LogP contribution in [0, 0.1) is 0 Å². The van der Waals surface area contributed by atoms with Gasteiger partial charge in [0.1, 0.15) is 6.10 Å². The first-order chi connectivity index (χ1) is 11.1. The molecule has 3 nitrogen and oxygen atoms in total. The highest BCUT2D eigenvalue weighted by Gasteiger charge is 2.45. The summed E-state index contributed by atoms with van der Waals surface area (Å²) in [6, 6.07) is 12.1. The van der Waals surface area contributed by atoms with Crippen LogP contribution in [0.2, 0.25) is 0 Å². The Morgan fingerprint density at radius 2 is 1.71 bits per heavy atom. The number of rotatable bonds is 5. The van der Waals surface area contributed by atoms with Crippen molar-refractivity contribution in [3.63, 3.8) is 0 Å². The topological polar surface area (TPSA) is 57.5 Å². The quantitative estimate of drug-likeness (QED) is 0.793. The van der Waals surface area contributed by atoms with Gasteiger partial charge in [-0.2, -0.15) is 13.2 Å². The highest BCUT2D eigenvalue weighted by molar-refractivity contribution is 6.34. The summed E-state index contributed by atoms with van der Waals surface area (Å²) < 4.78 is 38.4. The van der Waals surface area contributed by atoms with Crippen molar-refractivity contribution in [3.8, 4) is 0 Å². The maximum absolute atomic E-state index is 12.8. The Morgan fingerprint density at radius 3 is 2.25 bits per heavy atom. The first-order valence-corrected chi connectivity index (χ1v) is 7.34. The molecule has 7 heteroatoms. The number of hydrogen-bond acceptors (Lipinski definition) is 2. The molecule has 0 spiro atoms. The van der Waals surface area contributed by atoms with E-state index in [1.165, 1.54) is 24.3 Å². The zero-order valence-electron chi connectivity index (χ0n) is 12.3. The third-order valence-electron chi connectivity index (χ3n) is 3.62. The predicted molar refractivity (Wildman–Crippen MR) is 82.8 cm³/mol. The van der Waals surface area contributed by atoms with Crippen LogP contribution >= 0.6 is 11.6 Å². The average Bonchev–Trinajstić information content (AvgIpc) is 2.54. The number of alkyl halides is 4. The normalized spacial score (nSPS) is 15.5. The van der Waals surface area contributed by atoms with Crippen molar-refractivity contribution < 1.29 is 28.2 Å². The van der Waals surface area contributed by atoms with Gasteiger partial charge in [0.25, 0.3) is 0 Å². The van der Waals surface area contributed by atoms with Gasteiger partial charge < -0.3 is 10.2 Å². The van der Waals surface area contributed by atoms with Crippen LogP contribution in [0.25, 0.3) is 0 Å². The Hall–Kier alpha value is -2.05. The van der Waals surface area contributed by atoms with Gasteiger partial charge in [0.05, 0.1) is 5.56 Å². The Morgan fingerprint density at radius 1 is 1.08 bits per heavy atom. The molecule has 2 aromatic carbocycles. The van der Waals surface area contributed by atoms with Crippen LogP contribution in [0.4, 0.5) is 13.2 Å². The zero-order chi connectivity index (χ0) is 18.0. The maximum Gasteiger partial charge on any atom is 0.416 e. The fourth-order valence-electron chi connectivity index (χ4n) is 2.34. The second-order valence-corrected chi connectivity index (χ2v) is 6.03. The molecule has 0 saturated carbocycles. The summed E-state index contributed by atoms with van der Waals surface area (Å²) in [6.07, 6.45) is -6.61. The number of halogens is 4. The summed E-state index contributed by atoms with van der Waals surface area (Å²) in [4.78, 5) is 9.42. The molecule has 0 bridgehead atoms.